The summed E-state index contributed by atoms with van der Waals surface area (Å²) in [6.45, 7) is 5.93. The van der Waals surface area contributed by atoms with Gasteiger partial charge in [-0.15, -0.1) is 11.3 Å². The number of rotatable bonds is 4. The van der Waals surface area contributed by atoms with Crippen LogP contribution in [0.1, 0.15) is 64.2 Å². The van der Waals surface area contributed by atoms with Gasteiger partial charge in [-0.3, -0.25) is 4.79 Å². The van der Waals surface area contributed by atoms with Gasteiger partial charge >= 0.3 is 0 Å². The maximum absolute atomic E-state index is 13.0. The number of fused-ring (bicyclic) bond motifs is 2. The molecule has 1 fully saturated rings. The van der Waals surface area contributed by atoms with Gasteiger partial charge in [0.05, 0.1) is 16.6 Å². The Balaban J connectivity index is 1.45. The largest absolute Gasteiger partial charge is 0.459 e. The number of nitrogens with one attached hydrogen (secondary N) is 1. The molecule has 1 aliphatic rings. The fourth-order valence-electron chi connectivity index (χ4n) is 3.65. The molecule has 5 rings (SSSR count). The lowest BCUT2D eigenvalue weighted by Gasteiger charge is -2.10. The van der Waals surface area contributed by atoms with Crippen molar-refractivity contribution in [2.45, 2.75) is 45.6 Å². The number of furan rings is 1. The quantitative estimate of drug-likeness (QED) is 0.504. The highest BCUT2D eigenvalue weighted by atomic mass is 32.1. The smallest absolute Gasteiger partial charge is 0.262 e. The molecule has 0 saturated heterocycles. The lowest BCUT2D eigenvalue weighted by Crippen LogP contribution is -2.26. The summed E-state index contributed by atoms with van der Waals surface area (Å²) in [5.41, 5.74) is 2.74. The highest BCUT2D eigenvalue weighted by Gasteiger charge is 2.29. The summed E-state index contributed by atoms with van der Waals surface area (Å²) in [4.78, 5) is 24.0. The predicted octanol–water partition coefficient (Wildman–Crippen LogP) is 5.42. The lowest BCUT2D eigenvalue weighted by atomic mass is 10.1. The Kier molecular flexibility index (Phi) is 3.98. The van der Waals surface area contributed by atoms with E-state index in [1.54, 1.807) is 0 Å². The number of para-hydroxylation sites is 1. The minimum Gasteiger partial charge on any atom is -0.459 e. The van der Waals surface area contributed by atoms with Crippen LogP contribution in [0.25, 0.3) is 21.2 Å². The maximum atomic E-state index is 13.0. The SMILES string of the molecule is Cc1nc(C2CC2)nc2sc(C(=O)N[C@H](C)c3cc4ccccc4o3)c(C)c12. The minimum atomic E-state index is -0.223. The zero-order valence-electron chi connectivity index (χ0n) is 16.1. The average molecular weight is 391 g/mol. The fraction of sp³-hybridized carbons (Fsp3) is 0.318. The van der Waals surface area contributed by atoms with E-state index in [1.807, 2.05) is 51.1 Å². The Morgan fingerprint density at radius 3 is 2.79 bits per heavy atom. The number of hydrogen-bond donors (Lipinski definition) is 1. The van der Waals surface area contributed by atoms with Crippen LogP contribution in [-0.4, -0.2) is 15.9 Å². The molecular weight excluding hydrogens is 370 g/mol. The number of benzene rings is 1. The molecule has 5 nitrogen and oxygen atoms in total. The van der Waals surface area contributed by atoms with E-state index in [2.05, 4.69) is 10.3 Å². The van der Waals surface area contributed by atoms with Crippen molar-refractivity contribution in [3.8, 4) is 0 Å². The first-order valence-electron chi connectivity index (χ1n) is 9.58. The van der Waals surface area contributed by atoms with Gasteiger partial charge in [0.15, 0.2) is 0 Å². The third-order valence-electron chi connectivity index (χ3n) is 5.36. The molecule has 0 unspecified atom stereocenters. The first-order valence-corrected chi connectivity index (χ1v) is 10.4. The Bertz CT molecular complexity index is 1190. The number of aryl methyl sites for hydroxylation is 2. The topological polar surface area (TPSA) is 68.0 Å². The van der Waals surface area contributed by atoms with Crippen LogP contribution in [-0.2, 0) is 0 Å². The third-order valence-corrected chi connectivity index (χ3v) is 6.54. The zero-order chi connectivity index (χ0) is 19.4. The van der Waals surface area contributed by atoms with Crippen LogP contribution in [0.5, 0.6) is 0 Å². The van der Waals surface area contributed by atoms with Gasteiger partial charge in [-0.2, -0.15) is 0 Å². The van der Waals surface area contributed by atoms with Crippen LogP contribution in [0, 0.1) is 13.8 Å². The molecule has 3 aromatic heterocycles. The van der Waals surface area contributed by atoms with E-state index in [-0.39, 0.29) is 11.9 Å². The molecule has 1 N–H and O–H groups in total. The molecule has 3 heterocycles. The first kappa shape index (κ1) is 17.4. The van der Waals surface area contributed by atoms with E-state index in [0.29, 0.717) is 10.8 Å². The third kappa shape index (κ3) is 2.88. The van der Waals surface area contributed by atoms with E-state index in [1.165, 1.54) is 11.3 Å². The van der Waals surface area contributed by atoms with Crippen molar-refractivity contribution >= 4 is 38.4 Å². The zero-order valence-corrected chi connectivity index (χ0v) is 16.9. The monoisotopic (exact) mass is 391 g/mol. The maximum Gasteiger partial charge on any atom is 0.262 e. The van der Waals surface area contributed by atoms with Crippen LogP contribution in [0.3, 0.4) is 0 Å². The second-order valence-corrected chi connectivity index (χ2v) is 8.56. The fourth-order valence-corrected chi connectivity index (χ4v) is 4.79. The van der Waals surface area contributed by atoms with Crippen molar-refractivity contribution in [2.24, 2.45) is 0 Å². The molecule has 4 aromatic rings. The van der Waals surface area contributed by atoms with E-state index in [9.17, 15) is 4.79 Å². The molecule has 0 aliphatic heterocycles. The van der Waals surface area contributed by atoms with Gasteiger partial charge in [0.2, 0.25) is 0 Å². The molecule has 1 amide bonds. The summed E-state index contributed by atoms with van der Waals surface area (Å²) in [6.07, 6.45) is 2.33. The molecule has 0 bridgehead atoms. The van der Waals surface area contributed by atoms with Gasteiger partial charge in [0.1, 0.15) is 22.0 Å². The Morgan fingerprint density at radius 1 is 1.25 bits per heavy atom. The molecule has 1 saturated carbocycles. The van der Waals surface area contributed by atoms with Crippen molar-refractivity contribution < 1.29 is 9.21 Å². The van der Waals surface area contributed by atoms with Gasteiger partial charge in [0.25, 0.3) is 5.91 Å². The van der Waals surface area contributed by atoms with Gasteiger partial charge in [0, 0.05) is 16.7 Å². The van der Waals surface area contributed by atoms with Crippen molar-refractivity contribution in [3.63, 3.8) is 0 Å². The Hall–Kier alpha value is -2.73. The van der Waals surface area contributed by atoms with Gasteiger partial charge in [-0.1, -0.05) is 18.2 Å². The highest BCUT2D eigenvalue weighted by Crippen LogP contribution is 2.40. The van der Waals surface area contributed by atoms with Crippen LogP contribution in [0.2, 0.25) is 0 Å². The van der Waals surface area contributed by atoms with E-state index >= 15 is 0 Å². The molecule has 6 heteroatoms. The minimum absolute atomic E-state index is 0.0965. The summed E-state index contributed by atoms with van der Waals surface area (Å²) in [7, 11) is 0. The van der Waals surface area contributed by atoms with E-state index in [0.717, 1.165) is 56.9 Å². The van der Waals surface area contributed by atoms with E-state index in [4.69, 9.17) is 9.40 Å². The summed E-state index contributed by atoms with van der Waals surface area (Å²) in [6, 6.07) is 9.62. The Labute approximate surface area is 166 Å². The normalized spacial score (nSPS) is 15.2. The lowest BCUT2D eigenvalue weighted by molar-refractivity contribution is 0.0939. The number of nitrogens with zero attached hydrogens (tertiary/aromatic N) is 2. The number of carbonyl (C=O) groups is 1. The molecule has 1 aromatic carbocycles. The molecular formula is C22H21N3O2S. The standard InChI is InChI=1S/C22H21N3O2S/c1-11-18-13(3)23-20(14-8-9-14)25-22(18)28-19(11)21(26)24-12(2)17-10-15-6-4-5-7-16(15)27-17/h4-7,10,12,14H,8-9H2,1-3H3,(H,24,26)/t12-/m1/s1. The van der Waals surface area contributed by atoms with Crippen LogP contribution in [0.15, 0.2) is 34.7 Å². The number of hydrogen-bond acceptors (Lipinski definition) is 5. The summed E-state index contributed by atoms with van der Waals surface area (Å²) in [5, 5.41) is 5.12. The van der Waals surface area contributed by atoms with E-state index < -0.39 is 0 Å². The first-order chi connectivity index (χ1) is 13.5. The number of amides is 1. The van der Waals surface area contributed by atoms with Crippen molar-refractivity contribution in [1.82, 2.24) is 15.3 Å². The van der Waals surface area contributed by atoms with Crippen LogP contribution < -0.4 is 5.32 Å². The van der Waals surface area contributed by atoms with Crippen LogP contribution in [0.4, 0.5) is 0 Å². The number of thiophene rings is 1. The molecule has 142 valence electrons. The van der Waals surface area contributed by atoms with Crippen LogP contribution >= 0.6 is 11.3 Å². The van der Waals surface area contributed by atoms with Crippen molar-refractivity contribution in [3.05, 3.63) is 58.1 Å². The second-order valence-electron chi connectivity index (χ2n) is 7.56. The van der Waals surface area contributed by atoms with Crippen molar-refractivity contribution in [1.29, 1.82) is 0 Å². The Morgan fingerprint density at radius 2 is 2.04 bits per heavy atom. The molecule has 28 heavy (non-hydrogen) atoms. The molecule has 0 radical (unpaired) electrons. The molecule has 0 spiro atoms. The summed E-state index contributed by atoms with van der Waals surface area (Å²) >= 11 is 1.45. The molecule has 1 aliphatic carbocycles. The van der Waals surface area contributed by atoms with Crippen molar-refractivity contribution in [2.75, 3.05) is 0 Å². The number of aromatic nitrogens is 2. The van der Waals surface area contributed by atoms with Gasteiger partial charge < -0.3 is 9.73 Å². The average Bonchev–Trinajstić information content (AvgIpc) is 3.34. The van der Waals surface area contributed by atoms with Gasteiger partial charge in [-0.25, -0.2) is 9.97 Å². The van der Waals surface area contributed by atoms with Gasteiger partial charge in [-0.05, 0) is 51.3 Å². The molecule has 1 atom stereocenters. The highest BCUT2D eigenvalue weighted by molar-refractivity contribution is 7.20. The predicted molar refractivity (Wildman–Crippen MR) is 111 cm³/mol. The summed E-state index contributed by atoms with van der Waals surface area (Å²) in [5.74, 6) is 2.07. The number of carbonyl (C=O) groups excluding carboxylic acids is 1. The summed E-state index contributed by atoms with van der Waals surface area (Å²) < 4.78 is 5.89. The second kappa shape index (κ2) is 6.41.